The van der Waals surface area contributed by atoms with Crippen molar-refractivity contribution >= 4 is 42.0 Å². The van der Waals surface area contributed by atoms with E-state index in [4.69, 9.17) is 9.79 Å². The maximum Gasteiger partial charge on any atom is 0.469 e. The number of urea groups is 1. The van der Waals surface area contributed by atoms with Crippen LogP contribution in [0.25, 0.3) is 10.9 Å². The van der Waals surface area contributed by atoms with Crippen LogP contribution in [0.5, 0.6) is 0 Å². The fourth-order valence-electron chi connectivity index (χ4n) is 3.65. The van der Waals surface area contributed by atoms with Crippen molar-refractivity contribution in [2.24, 2.45) is 0 Å². The highest BCUT2D eigenvalue weighted by atomic mass is 31.2. The highest BCUT2D eigenvalue weighted by Gasteiger charge is 2.30. The van der Waals surface area contributed by atoms with Crippen LogP contribution in [0.3, 0.4) is 0 Å². The van der Waals surface area contributed by atoms with Gasteiger partial charge in [-0.05, 0) is 42.0 Å². The Balaban J connectivity index is 1.66. The number of carbonyl (C=O) groups excluding carboxylic acids is 2. The molecular weight excluding hydrogens is 552 g/mol. The van der Waals surface area contributed by atoms with Crippen LogP contribution in [0, 0.1) is 11.6 Å². The van der Waals surface area contributed by atoms with E-state index in [1.807, 2.05) is 0 Å². The van der Waals surface area contributed by atoms with Crippen LogP contribution >= 0.6 is 7.82 Å². The van der Waals surface area contributed by atoms with Crippen molar-refractivity contribution in [2.75, 3.05) is 10.6 Å². The lowest BCUT2D eigenvalue weighted by atomic mass is 10.1. The Labute approximate surface area is 216 Å². The van der Waals surface area contributed by atoms with Crippen LogP contribution < -0.4 is 10.6 Å². The number of nitrogens with zero attached hydrogens (tertiary/aromatic N) is 1. The number of fused-ring (bicyclic) bond motifs is 1. The fraction of sp³-hybridized carbons (Fsp3) is 0.0833. The quantitative estimate of drug-likeness (QED) is 0.170. The molecule has 0 aliphatic rings. The lowest BCUT2D eigenvalue weighted by Crippen LogP contribution is -2.19. The SMILES string of the molecule is O=C(Nc1ccc(C(F)(F)F)cc1)Nc1cn(C(=O)c2ccccc2COP(=O)(O)O)c2cc(F)c(F)cc12. The lowest BCUT2D eigenvalue weighted by Gasteiger charge is -2.11. The molecule has 39 heavy (non-hydrogen) atoms. The predicted octanol–water partition coefficient (Wildman–Crippen LogP) is 5.88. The molecule has 204 valence electrons. The molecule has 9 nitrogen and oxygen atoms in total. The van der Waals surface area contributed by atoms with Crippen LogP contribution in [-0.2, 0) is 21.9 Å². The van der Waals surface area contributed by atoms with E-state index in [0.29, 0.717) is 0 Å². The second kappa shape index (κ2) is 10.6. The van der Waals surface area contributed by atoms with Crippen LogP contribution in [-0.4, -0.2) is 26.3 Å². The van der Waals surface area contributed by atoms with Crippen molar-refractivity contribution in [3.63, 3.8) is 0 Å². The Morgan fingerprint density at radius 2 is 1.59 bits per heavy atom. The van der Waals surface area contributed by atoms with Crippen molar-refractivity contribution in [1.82, 2.24) is 4.57 Å². The summed E-state index contributed by atoms with van der Waals surface area (Å²) in [6.07, 6.45) is -3.51. The highest BCUT2D eigenvalue weighted by molar-refractivity contribution is 7.46. The molecule has 1 heterocycles. The van der Waals surface area contributed by atoms with E-state index < -0.39 is 49.7 Å². The highest BCUT2D eigenvalue weighted by Crippen LogP contribution is 2.37. The first-order chi connectivity index (χ1) is 18.2. The van der Waals surface area contributed by atoms with Gasteiger partial charge in [-0.3, -0.25) is 13.9 Å². The third kappa shape index (κ3) is 6.49. The minimum atomic E-state index is -4.88. The van der Waals surface area contributed by atoms with Gasteiger partial charge in [0, 0.05) is 28.9 Å². The number of phosphoric ester groups is 1. The van der Waals surface area contributed by atoms with E-state index in [2.05, 4.69) is 15.2 Å². The maximum absolute atomic E-state index is 14.1. The summed E-state index contributed by atoms with van der Waals surface area (Å²) in [6.45, 7) is -0.644. The normalized spacial score (nSPS) is 12.0. The second-order valence-electron chi connectivity index (χ2n) is 8.08. The van der Waals surface area contributed by atoms with E-state index in [0.717, 1.165) is 47.2 Å². The molecule has 0 aliphatic carbocycles. The maximum atomic E-state index is 14.1. The van der Waals surface area contributed by atoms with Gasteiger partial charge < -0.3 is 20.4 Å². The minimum Gasteiger partial charge on any atom is -0.308 e. The average Bonchev–Trinajstić information content (AvgIpc) is 3.18. The first-order valence-electron chi connectivity index (χ1n) is 10.8. The number of nitrogens with one attached hydrogen (secondary N) is 2. The molecular formula is C24H17F5N3O6P. The van der Waals surface area contributed by atoms with E-state index in [1.165, 1.54) is 24.3 Å². The first kappa shape index (κ1) is 27.9. The Hall–Kier alpha value is -4.10. The van der Waals surface area contributed by atoms with Gasteiger partial charge >= 0.3 is 20.0 Å². The van der Waals surface area contributed by atoms with Gasteiger partial charge in [0.25, 0.3) is 5.91 Å². The van der Waals surface area contributed by atoms with Crippen molar-refractivity contribution in [3.05, 3.63) is 95.2 Å². The molecule has 0 saturated carbocycles. The summed E-state index contributed by atoms with van der Waals surface area (Å²) in [5.74, 6) is -3.41. The number of benzene rings is 3. The zero-order valence-electron chi connectivity index (χ0n) is 19.4. The Bertz CT molecular complexity index is 1620. The molecule has 0 bridgehead atoms. The molecule has 4 rings (SSSR count). The number of halogens is 5. The molecule has 0 radical (unpaired) electrons. The molecule has 4 aromatic rings. The summed E-state index contributed by atoms with van der Waals surface area (Å²) in [6, 6.07) is 9.66. The van der Waals surface area contributed by atoms with Crippen LogP contribution in [0.15, 0.2) is 66.9 Å². The van der Waals surface area contributed by atoms with Crippen molar-refractivity contribution in [1.29, 1.82) is 0 Å². The molecule has 0 atom stereocenters. The first-order valence-corrected chi connectivity index (χ1v) is 12.3. The van der Waals surface area contributed by atoms with E-state index in [9.17, 15) is 36.1 Å². The summed E-state index contributed by atoms with van der Waals surface area (Å²) in [4.78, 5) is 43.9. The number of hydrogen-bond acceptors (Lipinski definition) is 4. The minimum absolute atomic E-state index is 0.00322. The van der Waals surface area contributed by atoms with E-state index in [-0.39, 0.29) is 33.4 Å². The molecule has 0 fully saturated rings. The molecule has 2 amide bonds. The van der Waals surface area contributed by atoms with Gasteiger partial charge in [-0.2, -0.15) is 13.2 Å². The zero-order chi connectivity index (χ0) is 28.5. The van der Waals surface area contributed by atoms with Gasteiger partial charge in [-0.1, -0.05) is 18.2 Å². The monoisotopic (exact) mass is 569 g/mol. The molecule has 0 spiro atoms. The molecule has 1 aromatic heterocycles. The molecule has 0 aliphatic heterocycles. The fourth-order valence-corrected chi connectivity index (χ4v) is 3.96. The van der Waals surface area contributed by atoms with Crippen molar-refractivity contribution in [2.45, 2.75) is 12.8 Å². The lowest BCUT2D eigenvalue weighted by molar-refractivity contribution is -0.137. The number of phosphoric acid groups is 1. The van der Waals surface area contributed by atoms with Crippen molar-refractivity contribution < 1.29 is 50.4 Å². The van der Waals surface area contributed by atoms with Crippen LogP contribution in [0.2, 0.25) is 0 Å². The molecule has 0 saturated heterocycles. The molecule has 3 aromatic carbocycles. The van der Waals surface area contributed by atoms with Gasteiger partial charge in [-0.25, -0.2) is 18.1 Å². The molecule has 4 N–H and O–H groups in total. The Kier molecular flexibility index (Phi) is 7.57. The zero-order valence-corrected chi connectivity index (χ0v) is 20.3. The topological polar surface area (TPSA) is 130 Å². The van der Waals surface area contributed by atoms with Gasteiger partial charge in [0.2, 0.25) is 0 Å². The predicted molar refractivity (Wildman–Crippen MR) is 129 cm³/mol. The largest absolute Gasteiger partial charge is 0.469 e. The van der Waals surface area contributed by atoms with E-state index >= 15 is 0 Å². The number of amides is 2. The van der Waals surface area contributed by atoms with Gasteiger partial charge in [0.1, 0.15) is 0 Å². The number of anilines is 2. The number of aromatic nitrogens is 1. The van der Waals surface area contributed by atoms with Crippen LogP contribution in [0.4, 0.5) is 38.1 Å². The summed E-state index contributed by atoms with van der Waals surface area (Å²) in [5, 5.41) is 4.56. The average molecular weight is 569 g/mol. The summed E-state index contributed by atoms with van der Waals surface area (Å²) in [7, 11) is -4.88. The third-order valence-corrected chi connectivity index (χ3v) is 5.89. The summed E-state index contributed by atoms with van der Waals surface area (Å²) in [5.41, 5.74) is -1.26. The Morgan fingerprint density at radius 1 is 0.949 bits per heavy atom. The second-order valence-corrected chi connectivity index (χ2v) is 9.32. The van der Waals surface area contributed by atoms with Crippen molar-refractivity contribution in [3.8, 4) is 0 Å². The van der Waals surface area contributed by atoms with Gasteiger partial charge in [0.05, 0.1) is 23.4 Å². The number of rotatable bonds is 6. The number of carbonyl (C=O) groups is 2. The van der Waals surface area contributed by atoms with Gasteiger partial charge in [-0.15, -0.1) is 0 Å². The summed E-state index contributed by atoms with van der Waals surface area (Å²) < 4.78 is 82.9. The third-order valence-electron chi connectivity index (χ3n) is 5.42. The Morgan fingerprint density at radius 3 is 2.23 bits per heavy atom. The summed E-state index contributed by atoms with van der Waals surface area (Å²) >= 11 is 0. The number of hydrogen-bond donors (Lipinski definition) is 4. The number of alkyl halides is 3. The molecule has 0 unspecified atom stereocenters. The smallest absolute Gasteiger partial charge is 0.308 e. The van der Waals surface area contributed by atoms with E-state index in [1.54, 1.807) is 0 Å². The molecule has 15 heteroatoms. The standard InChI is InChI=1S/C24H17F5N3O6P/c25-18-9-17-20(31-23(34)30-15-7-5-14(6-8-15)24(27,28)29)11-32(21(17)10-19(18)26)22(33)16-4-2-1-3-13(16)12-38-39(35,36)37/h1-11H,12H2,(H2,30,31,34)(H2,35,36,37). The van der Waals surface area contributed by atoms with Gasteiger partial charge in [0.15, 0.2) is 11.6 Å². The van der Waals surface area contributed by atoms with Crippen LogP contribution in [0.1, 0.15) is 21.5 Å².